The summed E-state index contributed by atoms with van der Waals surface area (Å²) in [5, 5.41) is 3.73. The summed E-state index contributed by atoms with van der Waals surface area (Å²) in [6.07, 6.45) is 15.3. The van der Waals surface area contributed by atoms with Crippen molar-refractivity contribution in [1.29, 1.82) is 0 Å². The minimum Gasteiger partial charge on any atom is -0.333 e. The van der Waals surface area contributed by atoms with Gasteiger partial charge in [-0.3, -0.25) is 0 Å². The fourth-order valence-electron chi connectivity index (χ4n) is 2.84. The van der Waals surface area contributed by atoms with E-state index in [0.717, 1.165) is 0 Å². The van der Waals surface area contributed by atoms with E-state index in [2.05, 4.69) is 28.0 Å². The van der Waals surface area contributed by atoms with E-state index >= 15 is 0 Å². The zero-order chi connectivity index (χ0) is 11.9. The molecule has 0 aliphatic heterocycles. The summed E-state index contributed by atoms with van der Waals surface area (Å²) in [7, 11) is 0. The molecule has 3 heteroatoms. The summed E-state index contributed by atoms with van der Waals surface area (Å²) in [6.45, 7) is 3.44. The van der Waals surface area contributed by atoms with Gasteiger partial charge in [-0.15, -0.1) is 0 Å². The van der Waals surface area contributed by atoms with Crippen molar-refractivity contribution in [2.24, 2.45) is 0 Å². The van der Waals surface area contributed by atoms with Gasteiger partial charge in [0.15, 0.2) is 0 Å². The maximum Gasteiger partial charge on any atom is 0.0949 e. The Morgan fingerprint density at radius 3 is 3.00 bits per heavy atom. The van der Waals surface area contributed by atoms with Crippen LogP contribution in [-0.2, 0) is 0 Å². The zero-order valence-corrected chi connectivity index (χ0v) is 10.9. The van der Waals surface area contributed by atoms with E-state index < -0.39 is 0 Å². The van der Waals surface area contributed by atoms with E-state index in [-0.39, 0.29) is 0 Å². The highest BCUT2D eigenvalue weighted by Crippen LogP contribution is 2.29. The normalized spacial score (nSPS) is 24.3. The average Bonchev–Trinajstić information content (AvgIpc) is 2.98. The molecule has 0 radical (unpaired) electrons. The second kappa shape index (κ2) is 6.80. The second-order valence-electron chi connectivity index (χ2n) is 5.13. The molecule has 1 fully saturated rings. The molecule has 17 heavy (non-hydrogen) atoms. The predicted octanol–water partition coefficient (Wildman–Crippen LogP) is 3.15. The molecule has 0 spiro atoms. The van der Waals surface area contributed by atoms with Crippen molar-refractivity contribution in [2.45, 2.75) is 64.0 Å². The first kappa shape index (κ1) is 12.6. The summed E-state index contributed by atoms with van der Waals surface area (Å²) in [4.78, 5) is 4.16. The third-order valence-corrected chi connectivity index (χ3v) is 3.82. The lowest BCUT2D eigenvalue weighted by molar-refractivity contribution is 0.387. The summed E-state index contributed by atoms with van der Waals surface area (Å²) in [5.74, 6) is 0. The van der Waals surface area contributed by atoms with Crippen LogP contribution < -0.4 is 5.32 Å². The molecular formula is C14H25N3. The Bertz CT molecular complexity index is 294. The van der Waals surface area contributed by atoms with Gasteiger partial charge in [0, 0.05) is 24.5 Å². The van der Waals surface area contributed by atoms with Gasteiger partial charge in [0.2, 0.25) is 0 Å². The molecule has 1 aliphatic rings. The summed E-state index contributed by atoms with van der Waals surface area (Å²) >= 11 is 0. The maximum absolute atomic E-state index is 4.16. The van der Waals surface area contributed by atoms with Gasteiger partial charge in [0.05, 0.1) is 6.33 Å². The van der Waals surface area contributed by atoms with Crippen molar-refractivity contribution in [1.82, 2.24) is 14.9 Å². The smallest absolute Gasteiger partial charge is 0.0949 e. The fraction of sp³-hybridized carbons (Fsp3) is 0.786. The highest BCUT2D eigenvalue weighted by molar-refractivity contribution is 4.91. The molecular weight excluding hydrogens is 210 g/mol. The average molecular weight is 235 g/mol. The molecule has 1 aliphatic carbocycles. The summed E-state index contributed by atoms with van der Waals surface area (Å²) < 4.78 is 2.27. The highest BCUT2D eigenvalue weighted by atomic mass is 15.1. The van der Waals surface area contributed by atoms with Crippen LogP contribution in [0.3, 0.4) is 0 Å². The number of nitrogens with zero attached hydrogens (tertiary/aromatic N) is 2. The van der Waals surface area contributed by atoms with Crippen molar-refractivity contribution >= 4 is 0 Å². The first-order chi connectivity index (χ1) is 8.42. The van der Waals surface area contributed by atoms with E-state index in [0.29, 0.717) is 12.1 Å². The number of hydrogen-bond donors (Lipinski definition) is 1. The molecule has 0 saturated heterocycles. The van der Waals surface area contributed by atoms with Crippen LogP contribution in [0.5, 0.6) is 0 Å². The molecule has 1 heterocycles. The Morgan fingerprint density at radius 2 is 2.24 bits per heavy atom. The van der Waals surface area contributed by atoms with E-state index in [1.54, 1.807) is 0 Å². The predicted molar refractivity (Wildman–Crippen MR) is 71.0 cm³/mol. The molecule has 96 valence electrons. The topological polar surface area (TPSA) is 29.9 Å². The maximum atomic E-state index is 4.16. The minimum absolute atomic E-state index is 0.628. The van der Waals surface area contributed by atoms with Gasteiger partial charge < -0.3 is 9.88 Å². The fourth-order valence-corrected chi connectivity index (χ4v) is 2.84. The number of rotatable bonds is 7. The number of nitrogens with one attached hydrogen (secondary N) is 1. The van der Waals surface area contributed by atoms with Crippen molar-refractivity contribution in [3.63, 3.8) is 0 Å². The van der Waals surface area contributed by atoms with Gasteiger partial charge in [-0.25, -0.2) is 4.98 Å². The van der Waals surface area contributed by atoms with Crippen molar-refractivity contribution in [2.75, 3.05) is 6.54 Å². The molecule has 0 aromatic carbocycles. The minimum atomic E-state index is 0.628. The van der Waals surface area contributed by atoms with Crippen LogP contribution in [0, 0.1) is 0 Å². The third-order valence-electron chi connectivity index (χ3n) is 3.82. The number of aromatic nitrogens is 2. The van der Waals surface area contributed by atoms with Crippen LogP contribution in [0.4, 0.5) is 0 Å². The van der Waals surface area contributed by atoms with Crippen LogP contribution >= 0.6 is 0 Å². The van der Waals surface area contributed by atoms with Crippen LogP contribution in [-0.4, -0.2) is 22.1 Å². The Hall–Kier alpha value is -0.830. The van der Waals surface area contributed by atoms with Gasteiger partial charge in [-0.05, 0) is 32.2 Å². The molecule has 2 unspecified atom stereocenters. The van der Waals surface area contributed by atoms with Crippen LogP contribution in [0.1, 0.15) is 57.9 Å². The van der Waals surface area contributed by atoms with Crippen molar-refractivity contribution in [3.05, 3.63) is 18.7 Å². The Balaban J connectivity index is 1.72. The molecule has 1 saturated carbocycles. The van der Waals surface area contributed by atoms with Gasteiger partial charge in [-0.2, -0.15) is 0 Å². The number of hydrogen-bond acceptors (Lipinski definition) is 2. The second-order valence-corrected chi connectivity index (χ2v) is 5.13. The number of unbranched alkanes of at least 4 members (excludes halogenated alkanes) is 3. The molecule has 1 aromatic rings. The SMILES string of the molecule is CCCCCCNC1CCCC1n1ccnc1. The zero-order valence-electron chi connectivity index (χ0n) is 10.9. The van der Waals surface area contributed by atoms with Crippen LogP contribution in [0.15, 0.2) is 18.7 Å². The molecule has 3 nitrogen and oxygen atoms in total. The van der Waals surface area contributed by atoms with E-state index in [4.69, 9.17) is 0 Å². The summed E-state index contributed by atoms with van der Waals surface area (Å²) in [6, 6.07) is 1.29. The third kappa shape index (κ3) is 3.56. The highest BCUT2D eigenvalue weighted by Gasteiger charge is 2.27. The summed E-state index contributed by atoms with van der Waals surface area (Å²) in [5.41, 5.74) is 0. The largest absolute Gasteiger partial charge is 0.333 e. The van der Waals surface area contributed by atoms with E-state index in [9.17, 15) is 0 Å². The van der Waals surface area contributed by atoms with Crippen molar-refractivity contribution in [3.8, 4) is 0 Å². The van der Waals surface area contributed by atoms with Crippen LogP contribution in [0.25, 0.3) is 0 Å². The van der Waals surface area contributed by atoms with Gasteiger partial charge in [0.25, 0.3) is 0 Å². The standard InChI is InChI=1S/C14H25N3/c1-2-3-4-5-9-16-13-7-6-8-14(13)17-11-10-15-12-17/h10-14,16H,2-9H2,1H3. The van der Waals surface area contributed by atoms with E-state index in [1.807, 2.05) is 12.5 Å². The molecule has 0 amide bonds. The molecule has 2 atom stereocenters. The molecule has 0 bridgehead atoms. The first-order valence-electron chi connectivity index (χ1n) is 7.12. The lowest BCUT2D eigenvalue weighted by Crippen LogP contribution is -2.34. The number of imidazole rings is 1. The van der Waals surface area contributed by atoms with Gasteiger partial charge in [0.1, 0.15) is 0 Å². The Labute approximate surface area is 105 Å². The molecule has 1 aromatic heterocycles. The first-order valence-corrected chi connectivity index (χ1v) is 7.12. The van der Waals surface area contributed by atoms with E-state index in [1.165, 1.54) is 51.5 Å². The Kier molecular flexibility index (Phi) is 5.05. The monoisotopic (exact) mass is 235 g/mol. The Morgan fingerprint density at radius 1 is 1.29 bits per heavy atom. The lowest BCUT2D eigenvalue weighted by atomic mass is 10.1. The van der Waals surface area contributed by atoms with Crippen LogP contribution in [0.2, 0.25) is 0 Å². The molecule has 1 N–H and O–H groups in total. The van der Waals surface area contributed by atoms with Gasteiger partial charge >= 0.3 is 0 Å². The van der Waals surface area contributed by atoms with Crippen molar-refractivity contribution < 1.29 is 0 Å². The quantitative estimate of drug-likeness (QED) is 0.736. The van der Waals surface area contributed by atoms with Gasteiger partial charge in [-0.1, -0.05) is 26.2 Å². The lowest BCUT2D eigenvalue weighted by Gasteiger charge is -2.22. The molecule has 2 rings (SSSR count).